The summed E-state index contributed by atoms with van der Waals surface area (Å²) in [5, 5.41) is 12.2. The zero-order valence-electron chi connectivity index (χ0n) is 10.5. The average Bonchev–Trinajstić information content (AvgIpc) is 2.32. The van der Waals surface area contributed by atoms with E-state index in [1.807, 2.05) is 0 Å². The summed E-state index contributed by atoms with van der Waals surface area (Å²) in [5.74, 6) is -0.425. The van der Waals surface area contributed by atoms with Crippen LogP contribution in [0.15, 0.2) is 0 Å². The first kappa shape index (κ1) is 13.8. The van der Waals surface area contributed by atoms with Crippen LogP contribution in [0.2, 0.25) is 0 Å². The van der Waals surface area contributed by atoms with E-state index in [2.05, 4.69) is 30.6 Å². The summed E-state index contributed by atoms with van der Waals surface area (Å²) >= 11 is 0. The molecule has 8 nitrogen and oxygen atoms in total. The lowest BCUT2D eigenvalue weighted by molar-refractivity contribution is -0.141. The second-order valence-electron chi connectivity index (χ2n) is 3.42. The van der Waals surface area contributed by atoms with Gasteiger partial charge in [-0.25, -0.2) is 9.78 Å². The quantitative estimate of drug-likeness (QED) is 0.741. The minimum Gasteiger partial charge on any atom is -0.465 e. The minimum absolute atomic E-state index is 0.0828. The van der Waals surface area contributed by atoms with Crippen molar-refractivity contribution in [3.8, 4) is 0 Å². The van der Waals surface area contributed by atoms with Crippen LogP contribution in [0.5, 0.6) is 0 Å². The number of hydrogen-bond donors (Lipinski definition) is 2. The molecule has 2 amide bonds. The highest BCUT2D eigenvalue weighted by Crippen LogP contribution is 2.01. The van der Waals surface area contributed by atoms with Crippen molar-refractivity contribution in [3.63, 3.8) is 0 Å². The van der Waals surface area contributed by atoms with E-state index in [0.717, 1.165) is 0 Å². The zero-order valence-corrected chi connectivity index (χ0v) is 10.5. The molecule has 0 fully saturated rings. The van der Waals surface area contributed by atoms with Gasteiger partial charge < -0.3 is 10.1 Å². The Morgan fingerprint density at radius 3 is 2.56 bits per heavy atom. The zero-order chi connectivity index (χ0) is 13.5. The molecule has 0 spiro atoms. The van der Waals surface area contributed by atoms with Crippen molar-refractivity contribution >= 4 is 17.9 Å². The van der Waals surface area contributed by atoms with Crippen LogP contribution in [0.3, 0.4) is 0 Å². The van der Waals surface area contributed by atoms with Crippen molar-refractivity contribution in [2.75, 3.05) is 18.5 Å². The summed E-state index contributed by atoms with van der Waals surface area (Å²) in [5.41, 5.74) is 1.36. The van der Waals surface area contributed by atoms with Gasteiger partial charge in [0.2, 0.25) is 0 Å². The highest BCUT2D eigenvalue weighted by Gasteiger charge is 2.08. The van der Waals surface area contributed by atoms with Crippen LogP contribution in [0.1, 0.15) is 18.3 Å². The number of amides is 2. The van der Waals surface area contributed by atoms with E-state index >= 15 is 0 Å². The molecule has 0 aromatic carbocycles. The summed E-state index contributed by atoms with van der Waals surface area (Å²) in [6, 6.07) is -0.590. The maximum absolute atomic E-state index is 11.4. The van der Waals surface area contributed by atoms with E-state index in [0.29, 0.717) is 11.4 Å². The number of carbonyl (C=O) groups excluding carboxylic acids is 2. The van der Waals surface area contributed by atoms with Gasteiger partial charge in [0.05, 0.1) is 18.0 Å². The van der Waals surface area contributed by atoms with Crippen LogP contribution >= 0.6 is 0 Å². The topological polar surface area (TPSA) is 106 Å². The van der Waals surface area contributed by atoms with Gasteiger partial charge in [-0.3, -0.25) is 10.1 Å². The first-order valence-electron chi connectivity index (χ1n) is 5.41. The first-order chi connectivity index (χ1) is 8.52. The molecule has 0 saturated heterocycles. The molecule has 0 aliphatic heterocycles. The van der Waals surface area contributed by atoms with E-state index in [4.69, 9.17) is 0 Å². The molecule has 0 bridgehead atoms. The number of aromatic nitrogens is 3. The van der Waals surface area contributed by atoms with Crippen LogP contribution in [-0.4, -0.2) is 40.3 Å². The van der Waals surface area contributed by atoms with Crippen LogP contribution in [0, 0.1) is 13.8 Å². The highest BCUT2D eigenvalue weighted by atomic mass is 16.5. The molecule has 0 atom stereocenters. The molecule has 1 aromatic heterocycles. The van der Waals surface area contributed by atoms with E-state index in [-0.39, 0.29) is 19.1 Å². The number of nitrogens with one attached hydrogen (secondary N) is 2. The van der Waals surface area contributed by atoms with Crippen molar-refractivity contribution in [2.45, 2.75) is 20.8 Å². The highest BCUT2D eigenvalue weighted by molar-refractivity contribution is 5.89. The molecule has 1 aromatic rings. The van der Waals surface area contributed by atoms with E-state index in [1.54, 1.807) is 20.8 Å². The molecule has 0 aliphatic rings. The molecular weight excluding hydrogens is 238 g/mol. The summed E-state index contributed by atoms with van der Waals surface area (Å²) in [6.07, 6.45) is 0. The number of aryl methyl sites for hydroxylation is 2. The molecule has 1 rings (SSSR count). The van der Waals surface area contributed by atoms with Gasteiger partial charge >= 0.3 is 12.0 Å². The van der Waals surface area contributed by atoms with Crippen LogP contribution in [-0.2, 0) is 9.53 Å². The number of urea groups is 1. The fourth-order valence-corrected chi connectivity index (χ4v) is 1.02. The predicted octanol–water partition coefficient (Wildman–Crippen LogP) is 0.173. The number of carbonyl (C=O) groups is 2. The standard InChI is InChI=1S/C10H15N5O3/c1-4-18-8(16)5-11-10(17)13-9-12-6(2)7(3)14-15-9/h4-5H2,1-3H3,(H2,11,12,13,15,17). The Labute approximate surface area is 104 Å². The molecule has 1 heterocycles. The molecule has 0 aliphatic carbocycles. The van der Waals surface area contributed by atoms with Gasteiger partial charge in [-0.1, -0.05) is 0 Å². The third kappa shape index (κ3) is 4.32. The number of rotatable bonds is 4. The van der Waals surface area contributed by atoms with Crippen LogP contribution < -0.4 is 10.6 Å². The Kier molecular flexibility index (Phi) is 4.97. The molecule has 0 saturated carbocycles. The summed E-state index contributed by atoms with van der Waals surface area (Å²) in [6.45, 7) is 5.27. The second kappa shape index (κ2) is 6.48. The Morgan fingerprint density at radius 1 is 1.22 bits per heavy atom. The number of hydrogen-bond acceptors (Lipinski definition) is 6. The summed E-state index contributed by atoms with van der Waals surface area (Å²) < 4.78 is 4.65. The first-order valence-corrected chi connectivity index (χ1v) is 5.41. The van der Waals surface area contributed by atoms with Crippen molar-refractivity contribution in [1.29, 1.82) is 0 Å². The lowest BCUT2D eigenvalue weighted by atomic mass is 10.4. The number of esters is 1. The Bertz CT molecular complexity index is 449. The van der Waals surface area contributed by atoms with E-state index in [9.17, 15) is 9.59 Å². The number of anilines is 1. The van der Waals surface area contributed by atoms with Crippen LogP contribution in [0.25, 0.3) is 0 Å². The van der Waals surface area contributed by atoms with Crippen molar-refractivity contribution in [1.82, 2.24) is 20.5 Å². The lowest BCUT2D eigenvalue weighted by Crippen LogP contribution is -2.34. The molecule has 98 valence electrons. The number of nitrogens with zero attached hydrogens (tertiary/aromatic N) is 3. The van der Waals surface area contributed by atoms with Gasteiger partial charge in [0.25, 0.3) is 5.95 Å². The Morgan fingerprint density at radius 2 is 1.94 bits per heavy atom. The molecule has 2 N–H and O–H groups in total. The summed E-state index contributed by atoms with van der Waals surface area (Å²) in [7, 11) is 0. The van der Waals surface area contributed by atoms with Crippen molar-refractivity contribution < 1.29 is 14.3 Å². The van der Waals surface area contributed by atoms with E-state index in [1.165, 1.54) is 0 Å². The van der Waals surface area contributed by atoms with Gasteiger partial charge in [-0.05, 0) is 20.8 Å². The van der Waals surface area contributed by atoms with E-state index < -0.39 is 12.0 Å². The number of ether oxygens (including phenoxy) is 1. The van der Waals surface area contributed by atoms with Gasteiger partial charge in [-0.2, -0.15) is 5.10 Å². The van der Waals surface area contributed by atoms with Crippen LogP contribution in [0.4, 0.5) is 10.7 Å². The molecule has 0 radical (unpaired) electrons. The van der Waals surface area contributed by atoms with Gasteiger partial charge in [0, 0.05) is 0 Å². The lowest BCUT2D eigenvalue weighted by Gasteiger charge is -2.06. The SMILES string of the molecule is CCOC(=O)CNC(=O)Nc1nnc(C)c(C)n1. The predicted molar refractivity (Wildman–Crippen MR) is 63.0 cm³/mol. The Hall–Kier alpha value is -2.25. The third-order valence-corrected chi connectivity index (χ3v) is 2.02. The third-order valence-electron chi connectivity index (χ3n) is 2.02. The summed E-state index contributed by atoms with van der Waals surface area (Å²) in [4.78, 5) is 26.4. The molecule has 0 unspecified atom stereocenters. The average molecular weight is 253 g/mol. The Balaban J connectivity index is 2.44. The van der Waals surface area contributed by atoms with Gasteiger partial charge in [0.15, 0.2) is 0 Å². The smallest absolute Gasteiger partial charge is 0.325 e. The molecule has 18 heavy (non-hydrogen) atoms. The fourth-order valence-electron chi connectivity index (χ4n) is 1.02. The minimum atomic E-state index is -0.590. The second-order valence-corrected chi connectivity index (χ2v) is 3.42. The fraction of sp³-hybridized carbons (Fsp3) is 0.500. The molecule has 8 heteroatoms. The van der Waals surface area contributed by atoms with Gasteiger partial charge in [-0.15, -0.1) is 5.10 Å². The van der Waals surface area contributed by atoms with Crippen molar-refractivity contribution in [2.24, 2.45) is 0 Å². The van der Waals surface area contributed by atoms with Gasteiger partial charge in [0.1, 0.15) is 6.54 Å². The normalized spacial score (nSPS) is 9.72. The maximum atomic E-state index is 11.4. The monoisotopic (exact) mass is 253 g/mol. The van der Waals surface area contributed by atoms with Crippen molar-refractivity contribution in [3.05, 3.63) is 11.4 Å². The maximum Gasteiger partial charge on any atom is 0.325 e. The largest absolute Gasteiger partial charge is 0.465 e. The molecular formula is C10H15N5O3.